The third-order valence-electron chi connectivity index (χ3n) is 3.25. The van der Waals surface area contributed by atoms with E-state index >= 15 is 0 Å². The average molecular weight is 421 g/mol. The van der Waals surface area contributed by atoms with Gasteiger partial charge >= 0.3 is 0 Å². The highest BCUT2D eigenvalue weighted by Gasteiger charge is 2.00. The van der Waals surface area contributed by atoms with Crippen molar-refractivity contribution in [2.24, 2.45) is 10.2 Å². The monoisotopic (exact) mass is 420 g/mol. The highest BCUT2D eigenvalue weighted by Crippen LogP contribution is 2.09. The maximum absolute atomic E-state index is 10.7. The number of aryl methyl sites for hydroxylation is 2. The molecular weight excluding hydrogens is 399 g/mol. The van der Waals surface area contributed by atoms with E-state index < -0.39 is 0 Å². The van der Waals surface area contributed by atoms with Crippen molar-refractivity contribution < 1.29 is 9.59 Å². The lowest BCUT2D eigenvalue weighted by Gasteiger charge is -2.00. The van der Waals surface area contributed by atoms with E-state index in [1.54, 1.807) is 0 Å². The summed E-state index contributed by atoms with van der Waals surface area (Å²) in [7, 11) is 0. The molecule has 0 heterocycles. The van der Waals surface area contributed by atoms with Gasteiger partial charge in [-0.1, -0.05) is 58.6 Å². The molecule has 2 aromatic rings. The smallest absolute Gasteiger partial charge is 0.191 e. The van der Waals surface area contributed by atoms with Crippen molar-refractivity contribution in [2.75, 3.05) is 10.9 Å². The molecule has 0 spiro atoms. The number of rotatable bonds is 6. The van der Waals surface area contributed by atoms with Gasteiger partial charge in [0.15, 0.2) is 21.9 Å². The molecule has 2 N–H and O–H groups in total. The Morgan fingerprint density at radius 1 is 0.679 bits per heavy atom. The van der Waals surface area contributed by atoms with Gasteiger partial charge in [0.1, 0.15) is 0 Å². The molecule has 28 heavy (non-hydrogen) atoms. The van der Waals surface area contributed by atoms with Crippen LogP contribution in [0.2, 0.25) is 0 Å². The SMILES string of the molecule is CC(=O)/C(Cl)=N/Nc1ccc(C)cc1.CC(=O)/C(Cl)=N/Nc1ccc(C)cc1. The number of carbonyl (C=O) groups is 2. The van der Waals surface area contributed by atoms with Crippen molar-refractivity contribution in [3.8, 4) is 0 Å². The van der Waals surface area contributed by atoms with Gasteiger partial charge in [0.2, 0.25) is 0 Å². The van der Waals surface area contributed by atoms with E-state index in [-0.39, 0.29) is 21.9 Å². The molecule has 0 bridgehead atoms. The number of nitrogens with one attached hydrogen (secondary N) is 2. The molecule has 0 saturated heterocycles. The van der Waals surface area contributed by atoms with Crippen LogP contribution in [-0.4, -0.2) is 21.9 Å². The number of carbonyl (C=O) groups excluding carboxylic acids is 2. The van der Waals surface area contributed by atoms with Crippen LogP contribution in [0.3, 0.4) is 0 Å². The van der Waals surface area contributed by atoms with Gasteiger partial charge in [-0.3, -0.25) is 20.4 Å². The van der Waals surface area contributed by atoms with Crippen LogP contribution in [-0.2, 0) is 9.59 Å². The van der Waals surface area contributed by atoms with Crippen molar-refractivity contribution >= 4 is 56.5 Å². The highest BCUT2D eigenvalue weighted by molar-refractivity contribution is 6.83. The molecule has 0 saturated carbocycles. The zero-order chi connectivity index (χ0) is 21.1. The normalized spacial score (nSPS) is 11.2. The first-order valence-electron chi connectivity index (χ1n) is 8.32. The standard InChI is InChI=1S/2C10H11ClN2O/c2*1-7-3-5-9(6-4-7)12-13-10(11)8(2)14/h2*3-6,12H,1-2H3/b2*13-10-. The fourth-order valence-electron chi connectivity index (χ4n) is 1.64. The Hall–Kier alpha value is -2.70. The van der Waals surface area contributed by atoms with Crippen LogP contribution in [0.1, 0.15) is 25.0 Å². The van der Waals surface area contributed by atoms with Crippen molar-refractivity contribution in [2.45, 2.75) is 27.7 Å². The summed E-state index contributed by atoms with van der Waals surface area (Å²) in [5, 5.41) is 7.31. The summed E-state index contributed by atoms with van der Waals surface area (Å²) < 4.78 is 0. The Bertz CT molecular complexity index is 787. The molecule has 0 amide bonds. The Morgan fingerprint density at radius 2 is 0.964 bits per heavy atom. The minimum Gasteiger partial charge on any atom is -0.292 e. The highest BCUT2D eigenvalue weighted by atomic mass is 35.5. The summed E-state index contributed by atoms with van der Waals surface area (Å²) in [6, 6.07) is 15.2. The topological polar surface area (TPSA) is 82.9 Å². The van der Waals surface area contributed by atoms with E-state index in [4.69, 9.17) is 23.2 Å². The summed E-state index contributed by atoms with van der Waals surface area (Å²) >= 11 is 11.1. The number of ketones is 2. The van der Waals surface area contributed by atoms with E-state index in [2.05, 4.69) is 21.1 Å². The number of halogens is 2. The van der Waals surface area contributed by atoms with E-state index in [9.17, 15) is 9.59 Å². The molecule has 0 unspecified atom stereocenters. The molecule has 0 aliphatic rings. The minimum absolute atomic E-state index is 0.0504. The Kier molecular flexibility index (Phi) is 9.92. The largest absolute Gasteiger partial charge is 0.292 e. The average Bonchev–Trinajstić information content (AvgIpc) is 2.67. The third-order valence-corrected chi connectivity index (χ3v) is 3.95. The van der Waals surface area contributed by atoms with Gasteiger partial charge in [0.05, 0.1) is 11.4 Å². The van der Waals surface area contributed by atoms with Gasteiger partial charge in [-0.25, -0.2) is 0 Å². The maximum atomic E-state index is 10.7. The summed E-state index contributed by atoms with van der Waals surface area (Å²) in [6.07, 6.45) is 0. The summed E-state index contributed by atoms with van der Waals surface area (Å²) in [4.78, 5) is 21.4. The van der Waals surface area contributed by atoms with Gasteiger partial charge in [-0.15, -0.1) is 0 Å². The van der Waals surface area contributed by atoms with Crippen molar-refractivity contribution in [1.82, 2.24) is 0 Å². The lowest BCUT2D eigenvalue weighted by molar-refractivity contribution is -0.111. The number of anilines is 2. The number of nitrogens with zero attached hydrogens (tertiary/aromatic N) is 2. The van der Waals surface area contributed by atoms with Crippen molar-refractivity contribution in [3.05, 3.63) is 59.7 Å². The molecule has 2 aromatic carbocycles. The van der Waals surface area contributed by atoms with E-state index in [1.165, 1.54) is 13.8 Å². The number of Topliss-reactive ketones (excluding diaryl/α,β-unsaturated/α-hetero) is 2. The number of hydrogen-bond donors (Lipinski definition) is 2. The third kappa shape index (κ3) is 9.30. The number of hydrogen-bond acceptors (Lipinski definition) is 6. The van der Waals surface area contributed by atoms with Crippen LogP contribution in [0, 0.1) is 13.8 Å². The van der Waals surface area contributed by atoms with Crippen molar-refractivity contribution in [3.63, 3.8) is 0 Å². The first-order valence-corrected chi connectivity index (χ1v) is 9.08. The molecule has 0 aliphatic heterocycles. The van der Waals surface area contributed by atoms with Crippen LogP contribution >= 0.6 is 23.2 Å². The zero-order valence-electron chi connectivity index (χ0n) is 16.1. The predicted octanol–water partition coefficient (Wildman–Crippen LogP) is 5.10. The quantitative estimate of drug-likeness (QED) is 0.502. The Labute approximate surface area is 174 Å². The minimum atomic E-state index is -0.258. The predicted molar refractivity (Wildman–Crippen MR) is 118 cm³/mol. The Morgan fingerprint density at radius 3 is 1.21 bits per heavy atom. The second kappa shape index (κ2) is 11.9. The van der Waals surface area contributed by atoms with Gasteiger partial charge in [0.25, 0.3) is 0 Å². The second-order valence-corrected chi connectivity index (χ2v) is 6.59. The fraction of sp³-hybridized carbons (Fsp3) is 0.200. The summed E-state index contributed by atoms with van der Waals surface area (Å²) in [5.74, 6) is -0.516. The number of hydrazone groups is 2. The summed E-state index contributed by atoms with van der Waals surface area (Å²) in [5.41, 5.74) is 9.31. The van der Waals surface area contributed by atoms with Crippen LogP contribution in [0.5, 0.6) is 0 Å². The first-order chi connectivity index (χ1) is 13.2. The van der Waals surface area contributed by atoms with Gasteiger partial charge in [0, 0.05) is 13.8 Å². The van der Waals surface area contributed by atoms with Gasteiger partial charge < -0.3 is 0 Å². The Balaban J connectivity index is 0.000000280. The molecule has 0 aromatic heterocycles. The van der Waals surface area contributed by atoms with Crippen LogP contribution in [0.15, 0.2) is 58.7 Å². The zero-order valence-corrected chi connectivity index (χ0v) is 17.6. The fourth-order valence-corrected chi connectivity index (χ4v) is 1.73. The van der Waals surface area contributed by atoms with E-state index in [0.29, 0.717) is 0 Å². The summed E-state index contributed by atoms with van der Waals surface area (Å²) in [6.45, 7) is 6.72. The molecular formula is C20H22Cl2N4O2. The maximum Gasteiger partial charge on any atom is 0.191 e. The molecule has 2 rings (SSSR count). The van der Waals surface area contributed by atoms with Gasteiger partial charge in [-0.2, -0.15) is 10.2 Å². The molecule has 0 aliphatic carbocycles. The van der Waals surface area contributed by atoms with E-state index in [0.717, 1.165) is 22.5 Å². The molecule has 6 nitrogen and oxygen atoms in total. The van der Waals surface area contributed by atoms with Crippen LogP contribution < -0.4 is 10.9 Å². The first kappa shape index (κ1) is 23.3. The molecule has 0 fully saturated rings. The second-order valence-electron chi connectivity index (χ2n) is 5.87. The van der Waals surface area contributed by atoms with Crippen LogP contribution in [0.25, 0.3) is 0 Å². The molecule has 0 radical (unpaired) electrons. The van der Waals surface area contributed by atoms with Crippen molar-refractivity contribution in [1.29, 1.82) is 0 Å². The molecule has 0 atom stereocenters. The number of benzene rings is 2. The van der Waals surface area contributed by atoms with E-state index in [1.807, 2.05) is 62.4 Å². The lowest BCUT2D eigenvalue weighted by atomic mass is 10.2. The molecule has 148 valence electrons. The molecule has 8 heteroatoms. The van der Waals surface area contributed by atoms with Gasteiger partial charge in [-0.05, 0) is 38.1 Å². The van der Waals surface area contributed by atoms with Crippen LogP contribution in [0.4, 0.5) is 11.4 Å². The lowest BCUT2D eigenvalue weighted by Crippen LogP contribution is -2.04.